The van der Waals surface area contributed by atoms with Crippen LogP contribution < -0.4 is 0 Å². The lowest BCUT2D eigenvalue weighted by molar-refractivity contribution is 0.0269. The van der Waals surface area contributed by atoms with Crippen LogP contribution in [0.2, 0.25) is 0 Å². The lowest BCUT2D eigenvalue weighted by Crippen LogP contribution is -2.19. The van der Waals surface area contributed by atoms with Gasteiger partial charge >= 0.3 is 5.97 Å². The second-order valence-electron chi connectivity index (χ2n) is 4.74. The van der Waals surface area contributed by atoms with Crippen LogP contribution in [0.1, 0.15) is 27.9 Å². The first-order chi connectivity index (χ1) is 9.29. The van der Waals surface area contributed by atoms with Gasteiger partial charge in [0.1, 0.15) is 6.10 Å². The summed E-state index contributed by atoms with van der Waals surface area (Å²) in [5, 5.41) is 0. The summed E-state index contributed by atoms with van der Waals surface area (Å²) < 4.78 is 33.2. The van der Waals surface area contributed by atoms with Crippen molar-refractivity contribution in [1.82, 2.24) is 0 Å². The van der Waals surface area contributed by atoms with Crippen LogP contribution in [0, 0.1) is 13.8 Å². The third-order valence-corrected chi connectivity index (χ3v) is 4.64. The van der Waals surface area contributed by atoms with Crippen molar-refractivity contribution in [3.63, 3.8) is 0 Å². The summed E-state index contributed by atoms with van der Waals surface area (Å²) in [5.41, 5.74) is 1.57. The number of ether oxygens (including phenoxy) is 2. The highest BCUT2D eigenvalue weighted by molar-refractivity contribution is 8.13. The number of carbonyl (C=O) groups excluding carboxylic acids is 1. The lowest BCUT2D eigenvalue weighted by Gasteiger charge is -2.13. The summed E-state index contributed by atoms with van der Waals surface area (Å²) in [6.45, 7) is 4.39. The molecule has 1 aromatic carbocycles. The van der Waals surface area contributed by atoms with E-state index in [0.29, 0.717) is 30.8 Å². The van der Waals surface area contributed by atoms with Crippen molar-refractivity contribution in [2.24, 2.45) is 0 Å². The van der Waals surface area contributed by atoms with Crippen LogP contribution >= 0.6 is 10.7 Å². The van der Waals surface area contributed by atoms with Gasteiger partial charge in [0.25, 0.3) is 9.05 Å². The summed E-state index contributed by atoms with van der Waals surface area (Å²) >= 11 is 0. The molecule has 1 saturated heterocycles. The highest BCUT2D eigenvalue weighted by Gasteiger charge is 2.24. The van der Waals surface area contributed by atoms with Crippen LogP contribution in [0.15, 0.2) is 17.0 Å². The monoisotopic (exact) mass is 318 g/mol. The average Bonchev–Trinajstić information content (AvgIpc) is 2.83. The molecule has 1 fully saturated rings. The fraction of sp³-hybridized carbons (Fsp3) is 0.462. The van der Waals surface area contributed by atoms with Crippen LogP contribution in [0.5, 0.6) is 0 Å². The zero-order chi connectivity index (χ0) is 14.9. The smallest absolute Gasteiger partial charge is 0.338 e. The molecule has 1 heterocycles. The standard InChI is InChI=1S/C13H15ClO5S/c1-8-5-11(20(14,16)17)6-12(9(8)2)13(15)19-10-3-4-18-7-10/h5-6,10H,3-4,7H2,1-2H3. The van der Waals surface area contributed by atoms with Crippen molar-refractivity contribution in [2.75, 3.05) is 13.2 Å². The fourth-order valence-electron chi connectivity index (χ4n) is 2.00. The molecule has 110 valence electrons. The van der Waals surface area contributed by atoms with Crippen molar-refractivity contribution in [2.45, 2.75) is 31.3 Å². The molecule has 1 unspecified atom stereocenters. The molecule has 0 saturated carbocycles. The molecule has 1 aliphatic heterocycles. The minimum atomic E-state index is -3.89. The molecule has 2 rings (SSSR count). The molecular weight excluding hydrogens is 304 g/mol. The van der Waals surface area contributed by atoms with E-state index in [-0.39, 0.29) is 16.6 Å². The first-order valence-electron chi connectivity index (χ1n) is 6.13. The van der Waals surface area contributed by atoms with Gasteiger partial charge < -0.3 is 9.47 Å². The Morgan fingerprint density at radius 1 is 1.40 bits per heavy atom. The Labute approximate surface area is 122 Å². The fourth-order valence-corrected chi connectivity index (χ4v) is 2.84. The van der Waals surface area contributed by atoms with Crippen molar-refractivity contribution < 1.29 is 22.7 Å². The lowest BCUT2D eigenvalue weighted by atomic mass is 10.0. The molecule has 0 radical (unpaired) electrons. The second kappa shape index (κ2) is 5.71. The molecule has 1 aliphatic rings. The van der Waals surface area contributed by atoms with Crippen LogP contribution in [0.3, 0.4) is 0 Å². The molecule has 0 N–H and O–H groups in total. The summed E-state index contributed by atoms with van der Waals surface area (Å²) in [6, 6.07) is 2.69. The van der Waals surface area contributed by atoms with Gasteiger partial charge in [-0.05, 0) is 37.1 Å². The molecule has 20 heavy (non-hydrogen) atoms. The molecule has 5 nitrogen and oxygen atoms in total. The molecule has 1 aromatic rings. The SMILES string of the molecule is Cc1cc(S(=O)(=O)Cl)cc(C(=O)OC2CCOC2)c1C. The molecule has 0 aliphatic carbocycles. The second-order valence-corrected chi connectivity index (χ2v) is 7.31. The van der Waals surface area contributed by atoms with Crippen LogP contribution in [0.25, 0.3) is 0 Å². The number of esters is 1. The maximum Gasteiger partial charge on any atom is 0.338 e. The van der Waals surface area contributed by atoms with E-state index in [9.17, 15) is 13.2 Å². The molecule has 0 aromatic heterocycles. The molecule has 1 atom stereocenters. The van der Waals surface area contributed by atoms with E-state index in [0.717, 1.165) is 0 Å². The van der Waals surface area contributed by atoms with Gasteiger partial charge in [-0.3, -0.25) is 0 Å². The van der Waals surface area contributed by atoms with E-state index in [2.05, 4.69) is 0 Å². The summed E-state index contributed by atoms with van der Waals surface area (Å²) in [5.74, 6) is -0.553. The van der Waals surface area contributed by atoms with E-state index >= 15 is 0 Å². The van der Waals surface area contributed by atoms with Crippen LogP contribution in [-0.2, 0) is 18.5 Å². The predicted molar refractivity (Wildman–Crippen MR) is 73.6 cm³/mol. The van der Waals surface area contributed by atoms with Crippen LogP contribution in [-0.4, -0.2) is 33.7 Å². The Morgan fingerprint density at radius 2 is 2.10 bits per heavy atom. The van der Waals surface area contributed by atoms with Gasteiger partial charge in [-0.2, -0.15) is 0 Å². The van der Waals surface area contributed by atoms with Gasteiger partial charge in [0.15, 0.2) is 0 Å². The van der Waals surface area contributed by atoms with Gasteiger partial charge in [-0.25, -0.2) is 13.2 Å². The maximum absolute atomic E-state index is 12.1. The number of benzene rings is 1. The van der Waals surface area contributed by atoms with Gasteiger partial charge in [0.2, 0.25) is 0 Å². The summed E-state index contributed by atoms with van der Waals surface area (Å²) in [4.78, 5) is 12.0. The summed E-state index contributed by atoms with van der Waals surface area (Å²) in [6.07, 6.45) is 0.371. The minimum absolute atomic E-state index is 0.100. The Bertz CT molecular complexity index is 632. The number of halogens is 1. The third kappa shape index (κ3) is 3.31. The third-order valence-electron chi connectivity index (χ3n) is 3.30. The van der Waals surface area contributed by atoms with Gasteiger partial charge in [0, 0.05) is 17.1 Å². The van der Waals surface area contributed by atoms with E-state index in [1.807, 2.05) is 0 Å². The van der Waals surface area contributed by atoms with Crippen LogP contribution in [0.4, 0.5) is 0 Å². The molecule has 0 amide bonds. The zero-order valence-electron chi connectivity index (χ0n) is 11.2. The number of hydrogen-bond acceptors (Lipinski definition) is 5. The maximum atomic E-state index is 12.1. The quantitative estimate of drug-likeness (QED) is 0.631. The van der Waals surface area contributed by atoms with E-state index in [1.165, 1.54) is 12.1 Å². The van der Waals surface area contributed by atoms with E-state index in [4.69, 9.17) is 20.2 Å². The number of aryl methyl sites for hydroxylation is 1. The Morgan fingerprint density at radius 3 is 2.65 bits per heavy atom. The first-order valence-corrected chi connectivity index (χ1v) is 8.44. The van der Waals surface area contributed by atoms with Gasteiger partial charge in [-0.15, -0.1) is 0 Å². The highest BCUT2D eigenvalue weighted by Crippen LogP contribution is 2.24. The summed E-state index contributed by atoms with van der Waals surface area (Å²) in [7, 11) is 1.44. The Balaban J connectivity index is 2.34. The molecular formula is C13H15ClO5S. The number of rotatable bonds is 3. The normalized spacial score (nSPS) is 19.1. The van der Waals surface area contributed by atoms with Gasteiger partial charge in [0.05, 0.1) is 23.7 Å². The Kier molecular flexibility index (Phi) is 4.36. The van der Waals surface area contributed by atoms with Crippen molar-refractivity contribution in [3.05, 3.63) is 28.8 Å². The van der Waals surface area contributed by atoms with Crippen molar-refractivity contribution in [1.29, 1.82) is 0 Å². The average molecular weight is 319 g/mol. The molecule has 0 bridgehead atoms. The molecule has 7 heteroatoms. The highest BCUT2D eigenvalue weighted by atomic mass is 35.7. The minimum Gasteiger partial charge on any atom is -0.456 e. The Hall–Kier alpha value is -1.11. The first kappa shape index (κ1) is 15.3. The largest absolute Gasteiger partial charge is 0.456 e. The van der Waals surface area contributed by atoms with Crippen molar-refractivity contribution in [3.8, 4) is 0 Å². The topological polar surface area (TPSA) is 69.7 Å². The molecule has 0 spiro atoms. The predicted octanol–water partition coefficient (Wildman–Crippen LogP) is 2.18. The number of hydrogen-bond donors (Lipinski definition) is 0. The van der Waals surface area contributed by atoms with E-state index in [1.54, 1.807) is 13.8 Å². The van der Waals surface area contributed by atoms with Crippen molar-refractivity contribution >= 4 is 25.7 Å². The van der Waals surface area contributed by atoms with E-state index < -0.39 is 15.0 Å². The van der Waals surface area contributed by atoms with Gasteiger partial charge in [-0.1, -0.05) is 0 Å². The number of carbonyl (C=O) groups is 1. The zero-order valence-corrected chi connectivity index (χ0v) is 12.8.